The molecule has 0 aromatic heterocycles. The van der Waals surface area contributed by atoms with Crippen LogP contribution in [0.3, 0.4) is 0 Å². The van der Waals surface area contributed by atoms with Crippen LogP contribution in [0.15, 0.2) is 24.3 Å². The van der Waals surface area contributed by atoms with Crippen molar-refractivity contribution < 1.29 is 9.53 Å². The van der Waals surface area contributed by atoms with Crippen LogP contribution in [-0.2, 0) is 11.2 Å². The lowest BCUT2D eigenvalue weighted by Gasteiger charge is -2.09. The highest BCUT2D eigenvalue weighted by molar-refractivity contribution is 5.77. The molecule has 0 spiro atoms. The van der Waals surface area contributed by atoms with Gasteiger partial charge in [0.05, 0.1) is 5.92 Å². The van der Waals surface area contributed by atoms with Gasteiger partial charge in [-0.3, -0.25) is 4.79 Å². The smallest absolute Gasteiger partial charge is 0.314 e. The summed E-state index contributed by atoms with van der Waals surface area (Å²) < 4.78 is 5.29. The third-order valence-electron chi connectivity index (χ3n) is 3.12. The van der Waals surface area contributed by atoms with Gasteiger partial charge in [-0.15, -0.1) is 0 Å². The molecule has 0 atom stereocenters. The number of rotatable bonds is 6. The summed E-state index contributed by atoms with van der Waals surface area (Å²) >= 11 is 0. The maximum Gasteiger partial charge on any atom is 0.314 e. The van der Waals surface area contributed by atoms with E-state index < -0.39 is 0 Å². The number of carbonyl (C=O) groups excluding carboxylic acids is 1. The van der Waals surface area contributed by atoms with Crippen molar-refractivity contribution in [3.63, 3.8) is 0 Å². The Kier molecular flexibility index (Phi) is 4.37. The number of aryl methyl sites for hydroxylation is 1. The quantitative estimate of drug-likeness (QED) is 0.571. The predicted octanol–water partition coefficient (Wildman–Crippen LogP) is 2.50. The topological polar surface area (TPSA) is 29.5 Å². The van der Waals surface area contributed by atoms with E-state index >= 15 is 0 Å². The van der Waals surface area contributed by atoms with E-state index in [1.165, 1.54) is 5.56 Å². The van der Waals surface area contributed by atoms with Crippen molar-refractivity contribution in [3.8, 4) is 5.75 Å². The Bertz CT molecular complexity index is 393. The molecule has 0 saturated heterocycles. The molecule has 0 aliphatic heterocycles. The number of ether oxygens (including phenoxy) is 1. The minimum atomic E-state index is -0.0737. The fourth-order valence-corrected chi connectivity index (χ4v) is 1.84. The van der Waals surface area contributed by atoms with Gasteiger partial charge in [0.2, 0.25) is 0 Å². The van der Waals surface area contributed by atoms with Crippen LogP contribution in [0, 0.1) is 5.92 Å². The van der Waals surface area contributed by atoms with Crippen LogP contribution in [-0.4, -0.2) is 31.5 Å². The molecule has 1 fully saturated rings. The van der Waals surface area contributed by atoms with E-state index in [-0.39, 0.29) is 11.9 Å². The average molecular weight is 247 g/mol. The molecule has 1 aliphatic rings. The maximum atomic E-state index is 11.5. The Morgan fingerprint density at radius 3 is 2.50 bits per heavy atom. The zero-order valence-electron chi connectivity index (χ0n) is 11.2. The summed E-state index contributed by atoms with van der Waals surface area (Å²) in [6.07, 6.45) is 4.19. The second kappa shape index (κ2) is 6.01. The summed E-state index contributed by atoms with van der Waals surface area (Å²) in [5.74, 6) is 0.753. The molecular weight excluding hydrogens is 226 g/mol. The van der Waals surface area contributed by atoms with Gasteiger partial charge in [-0.25, -0.2) is 0 Å². The summed E-state index contributed by atoms with van der Waals surface area (Å²) in [4.78, 5) is 13.7. The van der Waals surface area contributed by atoms with Crippen molar-refractivity contribution in [2.45, 2.75) is 25.7 Å². The highest BCUT2D eigenvalue weighted by Gasteiger charge is 2.31. The first kappa shape index (κ1) is 13.1. The van der Waals surface area contributed by atoms with Gasteiger partial charge in [0.25, 0.3) is 0 Å². The zero-order chi connectivity index (χ0) is 13.0. The lowest BCUT2D eigenvalue weighted by molar-refractivity contribution is -0.135. The van der Waals surface area contributed by atoms with Crippen molar-refractivity contribution in [2.24, 2.45) is 5.92 Å². The van der Waals surface area contributed by atoms with Crippen LogP contribution >= 0.6 is 0 Å². The maximum absolute atomic E-state index is 11.5. The lowest BCUT2D eigenvalue weighted by atomic mass is 10.1. The first-order valence-electron chi connectivity index (χ1n) is 6.60. The number of carbonyl (C=O) groups is 1. The van der Waals surface area contributed by atoms with Crippen molar-refractivity contribution in [2.75, 3.05) is 20.6 Å². The Hall–Kier alpha value is -1.35. The molecule has 0 radical (unpaired) electrons. The Labute approximate surface area is 109 Å². The number of hydrogen-bond donors (Lipinski definition) is 0. The minimum Gasteiger partial charge on any atom is -0.426 e. The first-order chi connectivity index (χ1) is 8.65. The molecule has 1 saturated carbocycles. The largest absolute Gasteiger partial charge is 0.426 e. The predicted molar refractivity (Wildman–Crippen MR) is 71.7 cm³/mol. The van der Waals surface area contributed by atoms with Crippen molar-refractivity contribution in [3.05, 3.63) is 29.8 Å². The molecule has 18 heavy (non-hydrogen) atoms. The number of hydrogen-bond acceptors (Lipinski definition) is 3. The molecule has 1 aliphatic carbocycles. The molecule has 0 N–H and O–H groups in total. The van der Waals surface area contributed by atoms with Crippen LogP contribution in [0.2, 0.25) is 0 Å². The van der Waals surface area contributed by atoms with E-state index in [9.17, 15) is 4.79 Å². The van der Waals surface area contributed by atoms with Crippen molar-refractivity contribution in [1.29, 1.82) is 0 Å². The fourth-order valence-electron chi connectivity index (χ4n) is 1.84. The molecule has 0 heterocycles. The van der Waals surface area contributed by atoms with Crippen LogP contribution < -0.4 is 4.74 Å². The Morgan fingerprint density at radius 2 is 1.94 bits per heavy atom. The molecule has 0 unspecified atom stereocenters. The Balaban J connectivity index is 1.79. The highest BCUT2D eigenvalue weighted by Crippen LogP contribution is 2.30. The second-order valence-corrected chi connectivity index (χ2v) is 5.25. The monoisotopic (exact) mass is 247 g/mol. The van der Waals surface area contributed by atoms with E-state index in [0.29, 0.717) is 5.75 Å². The van der Waals surface area contributed by atoms with Gasteiger partial charge < -0.3 is 9.64 Å². The molecule has 1 aromatic carbocycles. The normalized spacial score (nSPS) is 14.8. The molecule has 1 aromatic rings. The number of nitrogens with zero attached hydrogens (tertiary/aromatic N) is 1. The minimum absolute atomic E-state index is 0.0737. The van der Waals surface area contributed by atoms with Gasteiger partial charge in [-0.2, -0.15) is 0 Å². The molecule has 0 amide bonds. The van der Waals surface area contributed by atoms with Gasteiger partial charge in [-0.05, 0) is 64.0 Å². The summed E-state index contributed by atoms with van der Waals surface area (Å²) in [6, 6.07) is 7.88. The fraction of sp³-hybridized carbons (Fsp3) is 0.533. The third kappa shape index (κ3) is 4.15. The molecule has 98 valence electrons. The second-order valence-electron chi connectivity index (χ2n) is 5.25. The highest BCUT2D eigenvalue weighted by atomic mass is 16.5. The van der Waals surface area contributed by atoms with E-state index in [1.54, 1.807) is 0 Å². The zero-order valence-corrected chi connectivity index (χ0v) is 11.2. The van der Waals surface area contributed by atoms with Crippen LogP contribution in [0.5, 0.6) is 5.75 Å². The van der Waals surface area contributed by atoms with Gasteiger partial charge in [-0.1, -0.05) is 12.1 Å². The van der Waals surface area contributed by atoms with Gasteiger partial charge in [0.15, 0.2) is 0 Å². The van der Waals surface area contributed by atoms with Crippen molar-refractivity contribution in [1.82, 2.24) is 4.90 Å². The van der Waals surface area contributed by atoms with Gasteiger partial charge in [0, 0.05) is 0 Å². The molecule has 3 nitrogen and oxygen atoms in total. The van der Waals surface area contributed by atoms with Gasteiger partial charge in [0.1, 0.15) is 5.75 Å². The molecule has 0 bridgehead atoms. The average Bonchev–Trinajstić information content (AvgIpc) is 3.15. The standard InChI is InChI=1S/C15H21NO2/c1-16(2)11-3-4-12-5-9-14(10-6-12)18-15(17)13-7-8-13/h5-6,9-10,13H,3-4,7-8,11H2,1-2H3. The molecule has 2 rings (SSSR count). The van der Waals surface area contributed by atoms with E-state index in [2.05, 4.69) is 19.0 Å². The van der Waals surface area contributed by atoms with Crippen LogP contribution in [0.1, 0.15) is 24.8 Å². The van der Waals surface area contributed by atoms with Crippen LogP contribution in [0.4, 0.5) is 0 Å². The van der Waals surface area contributed by atoms with E-state index in [4.69, 9.17) is 4.74 Å². The summed E-state index contributed by atoms with van der Waals surface area (Å²) in [5.41, 5.74) is 1.29. The summed E-state index contributed by atoms with van der Waals surface area (Å²) in [6.45, 7) is 1.10. The Morgan fingerprint density at radius 1 is 1.28 bits per heavy atom. The first-order valence-corrected chi connectivity index (χ1v) is 6.60. The summed E-state index contributed by atoms with van der Waals surface area (Å²) in [5, 5.41) is 0. The van der Waals surface area contributed by atoms with Gasteiger partial charge >= 0.3 is 5.97 Å². The summed E-state index contributed by atoms with van der Waals surface area (Å²) in [7, 11) is 4.17. The third-order valence-corrected chi connectivity index (χ3v) is 3.12. The SMILES string of the molecule is CN(C)CCCc1ccc(OC(=O)C2CC2)cc1. The molecular formula is C15H21NO2. The van der Waals surface area contributed by atoms with Crippen molar-refractivity contribution >= 4 is 5.97 Å². The lowest BCUT2D eigenvalue weighted by Crippen LogP contribution is -2.13. The number of esters is 1. The van der Waals surface area contributed by atoms with E-state index in [1.807, 2.05) is 24.3 Å². The van der Waals surface area contributed by atoms with E-state index in [0.717, 1.165) is 32.2 Å². The van der Waals surface area contributed by atoms with Crippen LogP contribution in [0.25, 0.3) is 0 Å². The number of benzene rings is 1. The molecule has 3 heteroatoms.